The van der Waals surface area contributed by atoms with E-state index in [9.17, 15) is 0 Å². The summed E-state index contributed by atoms with van der Waals surface area (Å²) in [5.74, 6) is 0. The molecule has 1 aromatic carbocycles. The van der Waals surface area contributed by atoms with E-state index in [1.54, 1.807) is 6.20 Å². The van der Waals surface area contributed by atoms with Crippen LogP contribution in [0.2, 0.25) is 0 Å². The quantitative estimate of drug-likeness (QED) is 0.775. The fourth-order valence-corrected chi connectivity index (χ4v) is 1.72. The van der Waals surface area contributed by atoms with Crippen LogP contribution in [0, 0.1) is 11.3 Å². The van der Waals surface area contributed by atoms with Gasteiger partial charge in [-0.2, -0.15) is 5.26 Å². The number of aromatic nitrogens is 3. The lowest BCUT2D eigenvalue weighted by atomic mass is 10.1. The second kappa shape index (κ2) is 6.52. The number of nitrogens with zero attached hydrogens (tertiary/aromatic N) is 4. The van der Waals surface area contributed by atoms with Gasteiger partial charge in [0.2, 0.25) is 0 Å². The first kappa shape index (κ1) is 12.3. The lowest BCUT2D eigenvalue weighted by molar-refractivity contribution is 0.530. The molecule has 0 spiro atoms. The van der Waals surface area contributed by atoms with Crippen LogP contribution in [0.5, 0.6) is 0 Å². The highest BCUT2D eigenvalue weighted by atomic mass is 15.4. The molecule has 5 nitrogen and oxygen atoms in total. The van der Waals surface area contributed by atoms with Gasteiger partial charge in [0.15, 0.2) is 0 Å². The monoisotopic (exact) mass is 241 g/mol. The molecular formula is C13H15N5. The van der Waals surface area contributed by atoms with E-state index in [1.165, 1.54) is 0 Å². The topological polar surface area (TPSA) is 66.5 Å². The lowest BCUT2D eigenvalue weighted by Crippen LogP contribution is -2.17. The summed E-state index contributed by atoms with van der Waals surface area (Å²) >= 11 is 0. The Hall–Kier alpha value is -2.19. The third-order valence-corrected chi connectivity index (χ3v) is 2.67. The van der Waals surface area contributed by atoms with Crippen LogP contribution in [0.25, 0.3) is 0 Å². The highest BCUT2D eigenvalue weighted by molar-refractivity contribution is 5.37. The molecule has 1 N–H and O–H groups in total. The van der Waals surface area contributed by atoms with Gasteiger partial charge in [-0.05, 0) is 24.6 Å². The fraction of sp³-hybridized carbons (Fsp3) is 0.308. The van der Waals surface area contributed by atoms with E-state index >= 15 is 0 Å². The Kier molecular flexibility index (Phi) is 4.45. The van der Waals surface area contributed by atoms with Gasteiger partial charge >= 0.3 is 0 Å². The summed E-state index contributed by atoms with van der Waals surface area (Å²) in [5.41, 5.74) is 1.78. The van der Waals surface area contributed by atoms with Crippen molar-refractivity contribution in [3.8, 4) is 6.07 Å². The van der Waals surface area contributed by atoms with Gasteiger partial charge in [-0.1, -0.05) is 23.4 Å². The predicted molar refractivity (Wildman–Crippen MR) is 67.5 cm³/mol. The molecule has 0 fully saturated rings. The number of aryl methyl sites for hydroxylation is 1. The molecule has 1 heterocycles. The smallest absolute Gasteiger partial charge is 0.0995 e. The predicted octanol–water partition coefficient (Wildman–Crippen LogP) is 1.33. The number of nitriles is 1. The van der Waals surface area contributed by atoms with Crippen molar-refractivity contribution in [3.05, 3.63) is 47.8 Å². The lowest BCUT2D eigenvalue weighted by Gasteiger charge is -2.06. The zero-order valence-corrected chi connectivity index (χ0v) is 10.1. The minimum absolute atomic E-state index is 0.723. The summed E-state index contributed by atoms with van der Waals surface area (Å²) in [6, 6.07) is 9.84. The van der Waals surface area contributed by atoms with E-state index in [4.69, 9.17) is 5.26 Å². The van der Waals surface area contributed by atoms with Gasteiger partial charge in [-0.3, -0.25) is 4.68 Å². The first-order chi connectivity index (χ1) is 8.90. The molecule has 0 saturated heterocycles. The minimum Gasteiger partial charge on any atom is -0.313 e. The molecule has 0 bridgehead atoms. The normalized spacial score (nSPS) is 10.2. The molecule has 0 atom stereocenters. The molecule has 0 saturated carbocycles. The van der Waals surface area contributed by atoms with Crippen LogP contribution in [0.1, 0.15) is 17.5 Å². The van der Waals surface area contributed by atoms with Crippen molar-refractivity contribution < 1.29 is 0 Å². The largest absolute Gasteiger partial charge is 0.313 e. The third-order valence-electron chi connectivity index (χ3n) is 2.67. The Balaban J connectivity index is 1.71. The van der Waals surface area contributed by atoms with E-state index in [-0.39, 0.29) is 0 Å². The molecule has 5 heteroatoms. The second-order valence-corrected chi connectivity index (χ2v) is 3.97. The van der Waals surface area contributed by atoms with E-state index < -0.39 is 0 Å². The maximum Gasteiger partial charge on any atom is 0.0995 e. The molecule has 2 rings (SSSR count). The van der Waals surface area contributed by atoms with Gasteiger partial charge < -0.3 is 5.32 Å². The molecule has 18 heavy (non-hydrogen) atoms. The van der Waals surface area contributed by atoms with Crippen molar-refractivity contribution in [1.29, 1.82) is 5.26 Å². The van der Waals surface area contributed by atoms with Crippen LogP contribution in [0.15, 0.2) is 36.7 Å². The number of hydrogen-bond acceptors (Lipinski definition) is 4. The number of rotatable bonds is 6. The summed E-state index contributed by atoms with van der Waals surface area (Å²) in [7, 11) is 0. The second-order valence-electron chi connectivity index (χ2n) is 3.97. The van der Waals surface area contributed by atoms with Crippen LogP contribution >= 0.6 is 0 Å². The molecule has 0 aliphatic heterocycles. The van der Waals surface area contributed by atoms with Crippen LogP contribution in [-0.2, 0) is 13.1 Å². The molecule has 0 amide bonds. The van der Waals surface area contributed by atoms with Gasteiger partial charge in [0.1, 0.15) is 0 Å². The van der Waals surface area contributed by atoms with Gasteiger partial charge in [-0.15, -0.1) is 5.10 Å². The van der Waals surface area contributed by atoms with Crippen molar-refractivity contribution in [2.75, 3.05) is 6.54 Å². The van der Waals surface area contributed by atoms with Crippen molar-refractivity contribution in [1.82, 2.24) is 20.3 Å². The third kappa shape index (κ3) is 3.40. The van der Waals surface area contributed by atoms with Crippen LogP contribution < -0.4 is 5.32 Å². The van der Waals surface area contributed by atoms with Gasteiger partial charge in [-0.25, -0.2) is 0 Å². The van der Waals surface area contributed by atoms with Gasteiger partial charge in [0.05, 0.1) is 17.8 Å². The van der Waals surface area contributed by atoms with Gasteiger partial charge in [0, 0.05) is 19.3 Å². The molecule has 92 valence electrons. The molecule has 0 radical (unpaired) electrons. The van der Waals surface area contributed by atoms with E-state index in [0.717, 1.165) is 37.2 Å². The SMILES string of the molecule is N#Cc1ccccc1CNCCCn1ccnn1. The molecule has 0 aliphatic carbocycles. The molecule has 0 unspecified atom stereocenters. The standard InChI is InChI=1S/C13H15N5/c14-10-12-4-1-2-5-13(12)11-15-6-3-8-18-9-7-16-17-18/h1-2,4-5,7,9,15H,3,6,8,11H2. The maximum atomic E-state index is 8.95. The Bertz CT molecular complexity index is 512. The van der Waals surface area contributed by atoms with E-state index in [1.807, 2.05) is 35.1 Å². The summed E-state index contributed by atoms with van der Waals surface area (Å²) in [6.45, 7) is 2.47. The summed E-state index contributed by atoms with van der Waals surface area (Å²) in [4.78, 5) is 0. The summed E-state index contributed by atoms with van der Waals surface area (Å²) < 4.78 is 1.81. The van der Waals surface area contributed by atoms with E-state index in [0.29, 0.717) is 0 Å². The molecule has 0 aliphatic rings. The summed E-state index contributed by atoms with van der Waals surface area (Å²) in [6.07, 6.45) is 4.51. The highest BCUT2D eigenvalue weighted by Gasteiger charge is 1.99. The van der Waals surface area contributed by atoms with Gasteiger partial charge in [0.25, 0.3) is 0 Å². The summed E-state index contributed by atoms with van der Waals surface area (Å²) in [5, 5.41) is 19.9. The maximum absolute atomic E-state index is 8.95. The zero-order valence-electron chi connectivity index (χ0n) is 10.1. The Labute approximate surface area is 106 Å². The Morgan fingerprint density at radius 1 is 1.33 bits per heavy atom. The van der Waals surface area contributed by atoms with E-state index in [2.05, 4.69) is 21.7 Å². The molecule has 2 aromatic rings. The average Bonchev–Trinajstić information content (AvgIpc) is 2.92. The highest BCUT2D eigenvalue weighted by Crippen LogP contribution is 2.06. The number of nitrogens with one attached hydrogen (secondary N) is 1. The molecular weight excluding hydrogens is 226 g/mol. The molecule has 1 aromatic heterocycles. The first-order valence-electron chi connectivity index (χ1n) is 5.93. The zero-order chi connectivity index (χ0) is 12.6. The van der Waals surface area contributed by atoms with Crippen LogP contribution in [0.3, 0.4) is 0 Å². The minimum atomic E-state index is 0.723. The van der Waals surface area contributed by atoms with Crippen LogP contribution in [0.4, 0.5) is 0 Å². The average molecular weight is 241 g/mol. The van der Waals surface area contributed by atoms with Crippen molar-refractivity contribution >= 4 is 0 Å². The fourth-order valence-electron chi connectivity index (χ4n) is 1.72. The van der Waals surface area contributed by atoms with Crippen LogP contribution in [-0.4, -0.2) is 21.5 Å². The number of benzene rings is 1. The first-order valence-corrected chi connectivity index (χ1v) is 5.93. The van der Waals surface area contributed by atoms with Crippen molar-refractivity contribution in [2.45, 2.75) is 19.5 Å². The Morgan fingerprint density at radius 2 is 2.22 bits per heavy atom. The number of hydrogen-bond donors (Lipinski definition) is 1. The van der Waals surface area contributed by atoms with Crippen molar-refractivity contribution in [3.63, 3.8) is 0 Å². The Morgan fingerprint density at radius 3 is 3.00 bits per heavy atom. The van der Waals surface area contributed by atoms with Crippen molar-refractivity contribution in [2.24, 2.45) is 0 Å².